The van der Waals surface area contributed by atoms with Gasteiger partial charge < -0.3 is 5.73 Å². The summed E-state index contributed by atoms with van der Waals surface area (Å²) in [6.07, 6.45) is 6.50. The van der Waals surface area contributed by atoms with Gasteiger partial charge in [-0.25, -0.2) is 0 Å². The molecule has 1 saturated carbocycles. The van der Waals surface area contributed by atoms with E-state index in [2.05, 4.69) is 31.2 Å². The van der Waals surface area contributed by atoms with Crippen LogP contribution in [0.4, 0.5) is 0 Å². The van der Waals surface area contributed by atoms with Crippen LogP contribution in [0.3, 0.4) is 0 Å². The maximum Gasteiger partial charge on any atom is 0.0165 e. The van der Waals surface area contributed by atoms with Gasteiger partial charge in [0.25, 0.3) is 0 Å². The van der Waals surface area contributed by atoms with Gasteiger partial charge in [-0.05, 0) is 36.3 Å². The van der Waals surface area contributed by atoms with E-state index in [1.807, 2.05) is 0 Å². The highest BCUT2D eigenvalue weighted by atomic mass is 14.7. The Bertz CT molecular complexity index is 398. The van der Waals surface area contributed by atoms with Crippen LogP contribution in [0.2, 0.25) is 0 Å². The van der Waals surface area contributed by atoms with E-state index in [0.29, 0.717) is 12.0 Å². The van der Waals surface area contributed by atoms with Gasteiger partial charge in [-0.3, -0.25) is 0 Å². The van der Waals surface area contributed by atoms with Crippen molar-refractivity contribution in [1.82, 2.24) is 0 Å². The molecule has 0 spiro atoms. The first-order valence-electron chi connectivity index (χ1n) is 6.56. The second kappa shape index (κ2) is 3.59. The van der Waals surface area contributed by atoms with Gasteiger partial charge in [-0.1, -0.05) is 44.0 Å². The zero-order chi connectivity index (χ0) is 11.2. The summed E-state index contributed by atoms with van der Waals surface area (Å²) in [4.78, 5) is 0. The molecule has 2 unspecified atom stereocenters. The molecule has 1 aromatic rings. The Hall–Kier alpha value is -0.820. The summed E-state index contributed by atoms with van der Waals surface area (Å²) in [7, 11) is 0. The van der Waals surface area contributed by atoms with Gasteiger partial charge in [0.15, 0.2) is 0 Å². The van der Waals surface area contributed by atoms with Gasteiger partial charge in [0.2, 0.25) is 0 Å². The van der Waals surface area contributed by atoms with Crippen molar-refractivity contribution in [3.05, 3.63) is 35.4 Å². The molecule has 2 bridgehead atoms. The summed E-state index contributed by atoms with van der Waals surface area (Å²) >= 11 is 0. The third kappa shape index (κ3) is 1.34. The molecule has 0 radical (unpaired) electrons. The maximum absolute atomic E-state index is 6.53. The average Bonchev–Trinajstić information content (AvgIpc) is 2.40. The van der Waals surface area contributed by atoms with E-state index in [1.54, 1.807) is 5.56 Å². The molecule has 3 atom stereocenters. The summed E-state index contributed by atoms with van der Waals surface area (Å²) in [5.41, 5.74) is 9.85. The molecule has 0 heterocycles. The number of fused-ring (bicyclic) bond motifs is 4. The van der Waals surface area contributed by atoms with Crippen molar-refractivity contribution in [2.45, 2.75) is 50.5 Å². The number of benzene rings is 1. The quantitative estimate of drug-likeness (QED) is 0.707. The fourth-order valence-corrected chi connectivity index (χ4v) is 3.85. The average molecular weight is 215 g/mol. The predicted octanol–water partition coefficient (Wildman–Crippen LogP) is 3.02. The van der Waals surface area contributed by atoms with Crippen LogP contribution in [0.1, 0.15) is 43.7 Å². The Kier molecular flexibility index (Phi) is 2.32. The van der Waals surface area contributed by atoms with Crippen LogP contribution in [0.15, 0.2) is 24.3 Å². The molecule has 3 rings (SSSR count). The van der Waals surface area contributed by atoms with Crippen LogP contribution in [0, 0.1) is 5.92 Å². The first-order valence-corrected chi connectivity index (χ1v) is 6.56. The lowest BCUT2D eigenvalue weighted by Crippen LogP contribution is -2.51. The maximum atomic E-state index is 6.53. The highest BCUT2D eigenvalue weighted by Gasteiger charge is 2.44. The molecule has 1 heteroatoms. The molecule has 0 saturated heterocycles. The molecular weight excluding hydrogens is 194 g/mol. The number of hydrogen-bond donors (Lipinski definition) is 1. The minimum absolute atomic E-state index is 0.232. The van der Waals surface area contributed by atoms with E-state index < -0.39 is 0 Å². The van der Waals surface area contributed by atoms with E-state index in [9.17, 15) is 0 Å². The molecule has 16 heavy (non-hydrogen) atoms. The molecule has 2 aliphatic carbocycles. The molecule has 2 aliphatic rings. The fraction of sp³-hybridized carbons (Fsp3) is 0.600. The summed E-state index contributed by atoms with van der Waals surface area (Å²) in [5, 5.41) is 0. The molecule has 2 N–H and O–H groups in total. The van der Waals surface area contributed by atoms with Crippen LogP contribution in [0.25, 0.3) is 0 Å². The van der Waals surface area contributed by atoms with Crippen LogP contribution in [-0.2, 0) is 11.8 Å². The van der Waals surface area contributed by atoms with Gasteiger partial charge in [-0.2, -0.15) is 0 Å². The Morgan fingerprint density at radius 2 is 2.06 bits per heavy atom. The molecule has 0 aromatic heterocycles. The van der Waals surface area contributed by atoms with Crippen molar-refractivity contribution in [3.8, 4) is 0 Å². The Morgan fingerprint density at radius 3 is 2.94 bits per heavy atom. The zero-order valence-corrected chi connectivity index (χ0v) is 10.1. The van der Waals surface area contributed by atoms with Crippen molar-refractivity contribution in [3.63, 3.8) is 0 Å². The smallest absolute Gasteiger partial charge is 0.0165 e. The number of nitrogens with two attached hydrogens (primary N) is 1. The lowest BCUT2D eigenvalue weighted by Gasteiger charge is -2.44. The molecule has 1 fully saturated rings. The predicted molar refractivity (Wildman–Crippen MR) is 67.4 cm³/mol. The van der Waals surface area contributed by atoms with Crippen molar-refractivity contribution in [1.29, 1.82) is 0 Å². The normalized spacial score (nSPS) is 37.6. The lowest BCUT2D eigenvalue weighted by molar-refractivity contribution is 0.255. The van der Waals surface area contributed by atoms with E-state index >= 15 is 0 Å². The zero-order valence-electron chi connectivity index (χ0n) is 10.1. The molecule has 0 amide bonds. The minimum atomic E-state index is 0.232. The van der Waals surface area contributed by atoms with Crippen molar-refractivity contribution < 1.29 is 0 Å². The Labute approximate surface area is 98.0 Å². The monoisotopic (exact) mass is 215 g/mol. The standard InChI is InChI=1S/C15H21N/c1-15-9-5-4-7-12(14(15)16)10-11-6-2-3-8-13(11)15/h2-3,6,8,12,14H,4-5,7,9-10,16H2,1H3/t12?,14?,15-/m1/s1. The van der Waals surface area contributed by atoms with E-state index in [4.69, 9.17) is 5.73 Å². The van der Waals surface area contributed by atoms with Crippen LogP contribution >= 0.6 is 0 Å². The number of rotatable bonds is 0. The lowest BCUT2D eigenvalue weighted by atomic mass is 9.63. The third-order valence-corrected chi connectivity index (χ3v) is 4.88. The SMILES string of the molecule is C[C@@]12CCCCC(Cc3ccccc31)C2N. The summed E-state index contributed by atoms with van der Waals surface area (Å²) < 4.78 is 0. The van der Waals surface area contributed by atoms with Crippen molar-refractivity contribution in [2.75, 3.05) is 0 Å². The summed E-state index contributed by atoms with van der Waals surface area (Å²) in [6, 6.07) is 9.31. The van der Waals surface area contributed by atoms with Crippen LogP contribution < -0.4 is 5.73 Å². The Morgan fingerprint density at radius 1 is 1.25 bits per heavy atom. The first-order chi connectivity index (χ1) is 7.72. The van der Waals surface area contributed by atoms with Crippen LogP contribution in [-0.4, -0.2) is 6.04 Å². The molecule has 0 aliphatic heterocycles. The fourth-order valence-electron chi connectivity index (χ4n) is 3.85. The second-order valence-corrected chi connectivity index (χ2v) is 5.81. The summed E-state index contributed by atoms with van der Waals surface area (Å²) in [5.74, 6) is 0.711. The molecule has 1 nitrogen and oxygen atoms in total. The molecular formula is C15H21N. The van der Waals surface area contributed by atoms with Gasteiger partial charge in [0, 0.05) is 11.5 Å². The van der Waals surface area contributed by atoms with E-state index in [1.165, 1.54) is 37.7 Å². The largest absolute Gasteiger partial charge is 0.327 e. The minimum Gasteiger partial charge on any atom is -0.327 e. The van der Waals surface area contributed by atoms with E-state index in [-0.39, 0.29) is 5.41 Å². The molecule has 1 aromatic carbocycles. The highest BCUT2D eigenvalue weighted by Crippen LogP contribution is 2.46. The number of hydrogen-bond acceptors (Lipinski definition) is 1. The van der Waals surface area contributed by atoms with Crippen molar-refractivity contribution in [2.24, 2.45) is 11.7 Å². The van der Waals surface area contributed by atoms with Gasteiger partial charge in [0.1, 0.15) is 0 Å². The van der Waals surface area contributed by atoms with Crippen molar-refractivity contribution >= 4 is 0 Å². The van der Waals surface area contributed by atoms with Gasteiger partial charge >= 0.3 is 0 Å². The summed E-state index contributed by atoms with van der Waals surface area (Å²) in [6.45, 7) is 2.38. The van der Waals surface area contributed by atoms with Gasteiger partial charge in [-0.15, -0.1) is 0 Å². The topological polar surface area (TPSA) is 26.0 Å². The first kappa shape index (κ1) is 10.3. The van der Waals surface area contributed by atoms with Gasteiger partial charge in [0.05, 0.1) is 0 Å². The third-order valence-electron chi connectivity index (χ3n) is 4.88. The van der Waals surface area contributed by atoms with Crippen LogP contribution in [0.5, 0.6) is 0 Å². The molecule has 86 valence electrons. The second-order valence-electron chi connectivity index (χ2n) is 5.81. The Balaban J connectivity index is 2.15. The van der Waals surface area contributed by atoms with E-state index in [0.717, 1.165) is 0 Å². The highest BCUT2D eigenvalue weighted by molar-refractivity contribution is 5.39.